The van der Waals surface area contributed by atoms with Crippen molar-refractivity contribution >= 4 is 0 Å². The molecule has 0 radical (unpaired) electrons. The summed E-state index contributed by atoms with van der Waals surface area (Å²) < 4.78 is 5.43. The number of benzene rings is 1. The number of nitrogens with zero attached hydrogens (tertiary/aromatic N) is 1. The van der Waals surface area contributed by atoms with Gasteiger partial charge in [-0.25, -0.2) is 0 Å². The summed E-state index contributed by atoms with van der Waals surface area (Å²) in [5.74, 6) is 1.65. The molecule has 0 saturated heterocycles. The summed E-state index contributed by atoms with van der Waals surface area (Å²) in [5.41, 5.74) is 3.51. The molecule has 2 aromatic rings. The van der Waals surface area contributed by atoms with Crippen LogP contribution in [0.15, 0.2) is 34.9 Å². The third-order valence-corrected chi connectivity index (χ3v) is 2.93. The largest absolute Gasteiger partial charge is 0.356 e. The first-order valence-corrected chi connectivity index (χ1v) is 5.38. The number of hydrogen-bond acceptors (Lipinski definition) is 2. The van der Waals surface area contributed by atoms with Crippen molar-refractivity contribution < 1.29 is 4.52 Å². The molecule has 76 valence electrons. The van der Waals surface area contributed by atoms with Gasteiger partial charge in [-0.2, -0.15) is 0 Å². The van der Waals surface area contributed by atoms with Gasteiger partial charge in [0.25, 0.3) is 0 Å². The van der Waals surface area contributed by atoms with Gasteiger partial charge in [-0.3, -0.25) is 0 Å². The first-order chi connectivity index (χ1) is 7.36. The molecule has 1 heterocycles. The number of aromatic nitrogens is 1. The summed E-state index contributed by atoms with van der Waals surface area (Å²) in [6.07, 6.45) is 2.56. The van der Waals surface area contributed by atoms with Crippen LogP contribution < -0.4 is 0 Å². The fourth-order valence-corrected chi connectivity index (χ4v) is 2.03. The van der Waals surface area contributed by atoms with Gasteiger partial charge in [-0.05, 0) is 25.7 Å². The van der Waals surface area contributed by atoms with E-state index in [1.807, 2.05) is 25.1 Å². The predicted molar refractivity (Wildman–Crippen MR) is 58.7 cm³/mol. The fourth-order valence-electron chi connectivity index (χ4n) is 2.03. The Morgan fingerprint density at radius 2 is 1.93 bits per heavy atom. The molecule has 0 bridgehead atoms. The van der Waals surface area contributed by atoms with Crippen molar-refractivity contribution in [2.45, 2.75) is 25.7 Å². The molecule has 2 heteroatoms. The Hall–Kier alpha value is -1.57. The van der Waals surface area contributed by atoms with Gasteiger partial charge in [0.05, 0.1) is 5.69 Å². The maximum absolute atomic E-state index is 5.43. The summed E-state index contributed by atoms with van der Waals surface area (Å²) >= 11 is 0. The van der Waals surface area contributed by atoms with Crippen LogP contribution in [-0.2, 0) is 0 Å². The maximum Gasteiger partial charge on any atom is 0.170 e. The number of hydrogen-bond donors (Lipinski definition) is 0. The first-order valence-electron chi connectivity index (χ1n) is 5.38. The van der Waals surface area contributed by atoms with Crippen molar-refractivity contribution in [3.05, 3.63) is 41.6 Å². The molecule has 2 nitrogen and oxygen atoms in total. The Morgan fingerprint density at radius 1 is 1.20 bits per heavy atom. The van der Waals surface area contributed by atoms with E-state index in [2.05, 4.69) is 17.3 Å². The summed E-state index contributed by atoms with van der Waals surface area (Å²) in [4.78, 5) is 0. The molecule has 1 aromatic carbocycles. The zero-order valence-electron chi connectivity index (χ0n) is 8.73. The monoisotopic (exact) mass is 199 g/mol. The molecule has 0 spiro atoms. The van der Waals surface area contributed by atoms with Crippen molar-refractivity contribution in [3.63, 3.8) is 0 Å². The predicted octanol–water partition coefficient (Wildman–Crippen LogP) is 3.53. The van der Waals surface area contributed by atoms with Crippen molar-refractivity contribution in [3.8, 4) is 11.3 Å². The minimum Gasteiger partial charge on any atom is -0.356 e. The van der Waals surface area contributed by atoms with E-state index in [0.717, 1.165) is 17.0 Å². The average Bonchev–Trinajstić information content (AvgIpc) is 3.03. The van der Waals surface area contributed by atoms with E-state index in [9.17, 15) is 0 Å². The van der Waals surface area contributed by atoms with Gasteiger partial charge in [0, 0.05) is 11.1 Å². The van der Waals surface area contributed by atoms with Gasteiger partial charge in [0.15, 0.2) is 5.76 Å². The summed E-state index contributed by atoms with van der Waals surface area (Å²) in [6.45, 7) is 2.03. The molecule has 0 amide bonds. The molecule has 1 aromatic heterocycles. The van der Waals surface area contributed by atoms with E-state index >= 15 is 0 Å². The third-order valence-electron chi connectivity index (χ3n) is 2.93. The van der Waals surface area contributed by atoms with Crippen LogP contribution >= 0.6 is 0 Å². The van der Waals surface area contributed by atoms with Crippen molar-refractivity contribution in [1.29, 1.82) is 0 Å². The quantitative estimate of drug-likeness (QED) is 0.739. The molecule has 3 rings (SSSR count). The molecule has 0 unspecified atom stereocenters. The zero-order chi connectivity index (χ0) is 10.3. The Balaban J connectivity index is 2.12. The van der Waals surface area contributed by atoms with Gasteiger partial charge in [0.1, 0.15) is 0 Å². The smallest absolute Gasteiger partial charge is 0.170 e. The van der Waals surface area contributed by atoms with Gasteiger partial charge in [-0.1, -0.05) is 35.5 Å². The summed E-state index contributed by atoms with van der Waals surface area (Å²) in [7, 11) is 0. The molecular formula is C13H13NO. The van der Waals surface area contributed by atoms with Crippen LogP contribution in [-0.4, -0.2) is 5.16 Å². The van der Waals surface area contributed by atoms with Crippen molar-refractivity contribution in [2.24, 2.45) is 0 Å². The third kappa shape index (κ3) is 1.46. The standard InChI is InChI=1S/C13H13NO/c1-9-12(10-7-8-10)13(15-14-9)11-5-3-2-4-6-11/h2-6,10H,7-8H2,1H3. The molecule has 1 aliphatic rings. The van der Waals surface area contributed by atoms with Crippen LogP contribution in [0.3, 0.4) is 0 Å². The second kappa shape index (κ2) is 3.23. The van der Waals surface area contributed by atoms with Gasteiger partial charge < -0.3 is 4.52 Å². The second-order valence-electron chi connectivity index (χ2n) is 4.15. The van der Waals surface area contributed by atoms with E-state index in [0.29, 0.717) is 5.92 Å². The minimum atomic E-state index is 0.687. The lowest BCUT2D eigenvalue weighted by atomic mass is 10.0. The molecule has 0 atom stereocenters. The lowest BCUT2D eigenvalue weighted by Crippen LogP contribution is -1.84. The van der Waals surface area contributed by atoms with Gasteiger partial charge in [0.2, 0.25) is 0 Å². The first kappa shape index (κ1) is 8.72. The van der Waals surface area contributed by atoms with Crippen LogP contribution in [0.1, 0.15) is 30.0 Å². The molecule has 0 aliphatic heterocycles. The lowest BCUT2D eigenvalue weighted by Gasteiger charge is -1.99. The van der Waals surface area contributed by atoms with Crippen LogP contribution in [0.4, 0.5) is 0 Å². The summed E-state index contributed by atoms with van der Waals surface area (Å²) in [6, 6.07) is 10.2. The maximum atomic E-state index is 5.43. The Kier molecular flexibility index (Phi) is 1.88. The van der Waals surface area contributed by atoms with Crippen molar-refractivity contribution in [1.82, 2.24) is 5.16 Å². The SMILES string of the molecule is Cc1noc(-c2ccccc2)c1C1CC1. The highest BCUT2D eigenvalue weighted by Gasteiger charge is 2.31. The Morgan fingerprint density at radius 3 is 2.60 bits per heavy atom. The van der Waals surface area contributed by atoms with Gasteiger partial charge >= 0.3 is 0 Å². The molecule has 1 fully saturated rings. The number of aryl methyl sites for hydroxylation is 1. The average molecular weight is 199 g/mol. The van der Waals surface area contributed by atoms with Crippen LogP contribution in [0.25, 0.3) is 11.3 Å². The molecular weight excluding hydrogens is 186 g/mol. The van der Waals surface area contributed by atoms with Gasteiger partial charge in [-0.15, -0.1) is 0 Å². The van der Waals surface area contributed by atoms with E-state index in [4.69, 9.17) is 4.52 Å². The second-order valence-corrected chi connectivity index (χ2v) is 4.15. The van der Waals surface area contributed by atoms with Crippen LogP contribution in [0.5, 0.6) is 0 Å². The highest BCUT2D eigenvalue weighted by molar-refractivity contribution is 5.63. The van der Waals surface area contributed by atoms with Crippen LogP contribution in [0, 0.1) is 6.92 Å². The Bertz CT molecular complexity index is 469. The topological polar surface area (TPSA) is 26.0 Å². The summed E-state index contributed by atoms with van der Waals surface area (Å²) in [5, 5.41) is 4.08. The zero-order valence-corrected chi connectivity index (χ0v) is 8.73. The minimum absolute atomic E-state index is 0.687. The normalized spacial score (nSPS) is 15.5. The molecule has 15 heavy (non-hydrogen) atoms. The van der Waals surface area contributed by atoms with Crippen LogP contribution in [0.2, 0.25) is 0 Å². The molecule has 0 N–H and O–H groups in total. The molecule has 1 aliphatic carbocycles. The highest BCUT2D eigenvalue weighted by atomic mass is 16.5. The van der Waals surface area contributed by atoms with Crippen molar-refractivity contribution in [2.75, 3.05) is 0 Å². The highest BCUT2D eigenvalue weighted by Crippen LogP contribution is 2.45. The van der Waals surface area contributed by atoms with E-state index in [-0.39, 0.29) is 0 Å². The van der Waals surface area contributed by atoms with E-state index in [1.54, 1.807) is 0 Å². The molecule has 1 saturated carbocycles. The van der Waals surface area contributed by atoms with E-state index in [1.165, 1.54) is 18.4 Å². The fraction of sp³-hybridized carbons (Fsp3) is 0.308. The number of rotatable bonds is 2. The Labute approximate surface area is 88.9 Å². The lowest BCUT2D eigenvalue weighted by molar-refractivity contribution is 0.426. The van der Waals surface area contributed by atoms with E-state index < -0.39 is 0 Å².